The van der Waals surface area contributed by atoms with Crippen molar-refractivity contribution >= 4 is 35.6 Å². The molecule has 1 aliphatic heterocycles. The van der Waals surface area contributed by atoms with Gasteiger partial charge < -0.3 is 20.3 Å². The maximum absolute atomic E-state index is 5.17. The van der Waals surface area contributed by atoms with Crippen molar-refractivity contribution in [3.8, 4) is 0 Å². The van der Waals surface area contributed by atoms with Crippen LogP contribution >= 0.6 is 24.0 Å². The molecule has 1 aliphatic rings. The van der Waals surface area contributed by atoms with Crippen LogP contribution in [0.4, 0.5) is 0 Å². The zero-order valence-corrected chi connectivity index (χ0v) is 19.1. The van der Waals surface area contributed by atoms with E-state index in [1.165, 1.54) is 0 Å². The van der Waals surface area contributed by atoms with E-state index in [2.05, 4.69) is 32.7 Å². The van der Waals surface area contributed by atoms with E-state index in [1.807, 2.05) is 28.8 Å². The summed E-state index contributed by atoms with van der Waals surface area (Å²) in [5.74, 6) is 1.83. The van der Waals surface area contributed by atoms with Crippen LogP contribution < -0.4 is 10.6 Å². The number of guanidine groups is 1. The van der Waals surface area contributed by atoms with Crippen molar-refractivity contribution in [3.05, 3.63) is 30.2 Å². The number of aromatic nitrogens is 3. The number of nitrogens with one attached hydrogen (secondary N) is 2. The molecule has 3 rings (SSSR count). The van der Waals surface area contributed by atoms with E-state index < -0.39 is 0 Å². The Labute approximate surface area is 184 Å². The van der Waals surface area contributed by atoms with Gasteiger partial charge in [-0.3, -0.25) is 9.39 Å². The summed E-state index contributed by atoms with van der Waals surface area (Å²) < 4.78 is 7.19. The molecule has 0 spiro atoms. The van der Waals surface area contributed by atoms with Crippen LogP contribution in [0.3, 0.4) is 0 Å². The number of nitrogens with zero attached hydrogens (tertiary/aromatic N) is 5. The zero-order chi connectivity index (χ0) is 18.9. The van der Waals surface area contributed by atoms with Gasteiger partial charge in [0.15, 0.2) is 11.6 Å². The lowest BCUT2D eigenvalue weighted by Gasteiger charge is -2.32. The van der Waals surface area contributed by atoms with Crippen LogP contribution in [0.15, 0.2) is 29.4 Å². The number of rotatable bonds is 8. The normalized spacial score (nSPS) is 16.1. The molecule has 0 saturated carbocycles. The predicted octanol–water partition coefficient (Wildman–Crippen LogP) is 1.56. The SMILES string of the molecule is CCNC(=NCCc1nnc2ccccn12)NC1CCN(CCOC)CC1.I. The predicted molar refractivity (Wildman–Crippen MR) is 123 cm³/mol. The maximum atomic E-state index is 5.17. The molecule has 0 amide bonds. The number of ether oxygens (including phenoxy) is 1. The lowest BCUT2D eigenvalue weighted by molar-refractivity contribution is 0.128. The third kappa shape index (κ3) is 6.56. The van der Waals surface area contributed by atoms with Gasteiger partial charge in [-0.15, -0.1) is 34.2 Å². The summed E-state index contributed by atoms with van der Waals surface area (Å²) >= 11 is 0. The second-order valence-corrected chi connectivity index (χ2v) is 6.81. The molecule has 0 atom stereocenters. The first-order chi connectivity index (χ1) is 13.3. The van der Waals surface area contributed by atoms with Gasteiger partial charge in [0.05, 0.1) is 6.61 Å². The minimum Gasteiger partial charge on any atom is -0.383 e. The Hall–Kier alpha value is -1.46. The van der Waals surface area contributed by atoms with Crippen molar-refractivity contribution in [3.63, 3.8) is 0 Å². The Balaban J connectivity index is 0.00000280. The third-order valence-electron chi connectivity index (χ3n) is 4.87. The van der Waals surface area contributed by atoms with E-state index in [4.69, 9.17) is 9.73 Å². The van der Waals surface area contributed by atoms with Gasteiger partial charge in [0, 0.05) is 58.5 Å². The lowest BCUT2D eigenvalue weighted by Crippen LogP contribution is -2.49. The molecule has 9 heteroatoms. The number of fused-ring (bicyclic) bond motifs is 1. The largest absolute Gasteiger partial charge is 0.383 e. The Bertz CT molecular complexity index is 728. The second kappa shape index (κ2) is 12.2. The van der Waals surface area contributed by atoms with Gasteiger partial charge in [0.25, 0.3) is 0 Å². The van der Waals surface area contributed by atoms with Crippen LogP contribution in [-0.4, -0.2) is 77.9 Å². The van der Waals surface area contributed by atoms with E-state index in [1.54, 1.807) is 7.11 Å². The fraction of sp³-hybridized carbons (Fsp3) is 0.632. The summed E-state index contributed by atoms with van der Waals surface area (Å²) in [5, 5.41) is 15.4. The molecule has 8 nitrogen and oxygen atoms in total. The van der Waals surface area contributed by atoms with Crippen LogP contribution in [0.1, 0.15) is 25.6 Å². The van der Waals surface area contributed by atoms with Crippen molar-refractivity contribution in [2.24, 2.45) is 4.99 Å². The molecule has 2 aromatic rings. The molecule has 0 aromatic carbocycles. The molecule has 3 heterocycles. The van der Waals surface area contributed by atoms with Crippen LogP contribution in [-0.2, 0) is 11.2 Å². The average molecular weight is 501 g/mol. The van der Waals surface area contributed by atoms with E-state index in [0.717, 1.165) is 69.5 Å². The zero-order valence-electron chi connectivity index (χ0n) is 16.8. The number of pyridine rings is 1. The molecule has 1 fully saturated rings. The third-order valence-corrected chi connectivity index (χ3v) is 4.87. The minimum atomic E-state index is 0. The highest BCUT2D eigenvalue weighted by atomic mass is 127. The van der Waals surface area contributed by atoms with Crippen molar-refractivity contribution in [2.75, 3.05) is 46.4 Å². The first-order valence-electron chi connectivity index (χ1n) is 9.85. The van der Waals surface area contributed by atoms with Gasteiger partial charge in [0.2, 0.25) is 0 Å². The standard InChI is InChI=1S/C19H31N7O.HI/c1-3-20-19(22-16-8-12-25(13-9-16)14-15-27-2)21-10-7-18-24-23-17-6-4-5-11-26(17)18;/h4-6,11,16H,3,7-10,12-15H2,1-2H3,(H2,20,21,22);1H. The van der Waals surface area contributed by atoms with Crippen molar-refractivity contribution < 1.29 is 4.74 Å². The summed E-state index contributed by atoms with van der Waals surface area (Å²) in [5.41, 5.74) is 0.877. The van der Waals surface area contributed by atoms with Crippen LogP contribution in [0, 0.1) is 0 Å². The number of aliphatic imine (C=N–C) groups is 1. The van der Waals surface area contributed by atoms with Gasteiger partial charge in [-0.1, -0.05) is 6.07 Å². The Morgan fingerprint density at radius 3 is 2.86 bits per heavy atom. The Morgan fingerprint density at radius 2 is 2.11 bits per heavy atom. The molecular formula is C19H32IN7O. The van der Waals surface area contributed by atoms with Gasteiger partial charge >= 0.3 is 0 Å². The van der Waals surface area contributed by atoms with E-state index in [9.17, 15) is 0 Å². The molecular weight excluding hydrogens is 469 g/mol. The van der Waals surface area contributed by atoms with E-state index in [0.29, 0.717) is 12.6 Å². The number of methoxy groups -OCH3 is 1. The smallest absolute Gasteiger partial charge is 0.191 e. The van der Waals surface area contributed by atoms with Crippen LogP contribution in [0.5, 0.6) is 0 Å². The molecule has 0 radical (unpaired) electrons. The molecule has 28 heavy (non-hydrogen) atoms. The number of piperidine rings is 1. The molecule has 1 saturated heterocycles. The maximum Gasteiger partial charge on any atom is 0.191 e. The first kappa shape index (κ1) is 22.8. The average Bonchev–Trinajstić information content (AvgIpc) is 3.11. The molecule has 2 aromatic heterocycles. The highest BCUT2D eigenvalue weighted by Crippen LogP contribution is 2.10. The van der Waals surface area contributed by atoms with Crippen LogP contribution in [0.2, 0.25) is 0 Å². The summed E-state index contributed by atoms with van der Waals surface area (Å²) in [4.78, 5) is 7.20. The Kier molecular flexibility index (Phi) is 9.93. The second-order valence-electron chi connectivity index (χ2n) is 6.81. The van der Waals surface area contributed by atoms with Gasteiger partial charge in [-0.25, -0.2) is 0 Å². The molecule has 2 N–H and O–H groups in total. The van der Waals surface area contributed by atoms with Crippen LogP contribution in [0.25, 0.3) is 5.65 Å². The number of halogens is 1. The first-order valence-corrected chi connectivity index (χ1v) is 9.85. The highest BCUT2D eigenvalue weighted by molar-refractivity contribution is 14.0. The summed E-state index contributed by atoms with van der Waals surface area (Å²) in [6.45, 7) is 7.65. The van der Waals surface area contributed by atoms with Crippen molar-refractivity contribution in [1.82, 2.24) is 30.1 Å². The Morgan fingerprint density at radius 1 is 1.29 bits per heavy atom. The summed E-state index contributed by atoms with van der Waals surface area (Å²) in [6.07, 6.45) is 5.01. The minimum absolute atomic E-state index is 0. The van der Waals surface area contributed by atoms with Crippen molar-refractivity contribution in [1.29, 1.82) is 0 Å². The highest BCUT2D eigenvalue weighted by Gasteiger charge is 2.19. The monoisotopic (exact) mass is 501 g/mol. The van der Waals surface area contributed by atoms with E-state index in [-0.39, 0.29) is 24.0 Å². The molecule has 156 valence electrons. The fourth-order valence-corrected chi connectivity index (χ4v) is 3.36. The number of hydrogen-bond acceptors (Lipinski definition) is 5. The number of likely N-dealkylation sites (tertiary alicyclic amines) is 1. The van der Waals surface area contributed by atoms with Gasteiger partial charge in [-0.05, 0) is 31.9 Å². The molecule has 0 aliphatic carbocycles. The van der Waals surface area contributed by atoms with Gasteiger partial charge in [-0.2, -0.15) is 0 Å². The number of hydrogen-bond donors (Lipinski definition) is 2. The molecule has 0 bridgehead atoms. The quantitative estimate of drug-likeness (QED) is 0.325. The topological polar surface area (TPSA) is 79.1 Å². The molecule has 0 unspecified atom stereocenters. The summed E-state index contributed by atoms with van der Waals surface area (Å²) in [6, 6.07) is 6.40. The van der Waals surface area contributed by atoms with Crippen molar-refractivity contribution in [2.45, 2.75) is 32.2 Å². The lowest BCUT2D eigenvalue weighted by atomic mass is 10.1. The van der Waals surface area contributed by atoms with Gasteiger partial charge in [0.1, 0.15) is 5.82 Å². The fourth-order valence-electron chi connectivity index (χ4n) is 3.36. The summed E-state index contributed by atoms with van der Waals surface area (Å²) in [7, 11) is 1.76. The van der Waals surface area contributed by atoms with E-state index >= 15 is 0 Å².